The van der Waals surface area contributed by atoms with Crippen molar-refractivity contribution in [1.82, 2.24) is 18.8 Å². The van der Waals surface area contributed by atoms with Crippen LogP contribution in [0.2, 0.25) is 0 Å². The number of sulfonamides is 1. The number of carbonyl (C=O) groups excluding carboxylic acids is 1. The second-order valence-electron chi connectivity index (χ2n) is 7.64. The minimum Gasteiger partial charge on any atom is -0.490 e. The first kappa shape index (κ1) is 22.7. The summed E-state index contributed by atoms with van der Waals surface area (Å²) in [5.41, 5.74) is 1.22. The molecule has 0 saturated carbocycles. The summed E-state index contributed by atoms with van der Waals surface area (Å²) in [5.74, 6) is -0.148. The van der Waals surface area contributed by atoms with Crippen molar-refractivity contribution in [2.45, 2.75) is 17.9 Å². The van der Waals surface area contributed by atoms with Crippen LogP contribution in [-0.2, 0) is 14.8 Å². The molecule has 4 rings (SSSR count). The molecule has 1 fully saturated rings. The van der Waals surface area contributed by atoms with Crippen molar-refractivity contribution in [2.75, 3.05) is 33.3 Å². The largest absolute Gasteiger partial charge is 0.490 e. The van der Waals surface area contributed by atoms with E-state index in [1.807, 2.05) is 24.3 Å². The first-order valence-electron chi connectivity index (χ1n) is 10.3. The number of ether oxygens (including phenoxy) is 1. The summed E-state index contributed by atoms with van der Waals surface area (Å²) in [5, 5.41) is 11.3. The Morgan fingerprint density at radius 2 is 1.85 bits per heavy atom. The zero-order chi connectivity index (χ0) is 23.8. The normalized spacial score (nSPS) is 16.0. The van der Waals surface area contributed by atoms with Gasteiger partial charge in [-0.25, -0.2) is 13.4 Å². The van der Waals surface area contributed by atoms with Crippen molar-refractivity contribution in [3.05, 3.63) is 58.9 Å². The van der Waals surface area contributed by atoms with Gasteiger partial charge in [0.25, 0.3) is 0 Å². The molecule has 33 heavy (non-hydrogen) atoms. The minimum atomic E-state index is -3.96. The maximum absolute atomic E-state index is 13.1. The average molecular weight is 474 g/mol. The maximum Gasteiger partial charge on any atom is 0.312 e. The Balaban J connectivity index is 1.47. The van der Waals surface area contributed by atoms with Crippen LogP contribution in [0.15, 0.2) is 53.7 Å². The van der Waals surface area contributed by atoms with Crippen LogP contribution in [0, 0.1) is 10.1 Å². The molecule has 1 saturated heterocycles. The lowest BCUT2D eigenvalue weighted by Gasteiger charge is -2.35. The number of nitro benzene ring substituents is 1. The number of nitrogens with zero attached hydrogens (tertiary/aromatic N) is 5. The summed E-state index contributed by atoms with van der Waals surface area (Å²) in [4.78, 5) is 29.4. The number of nitro groups is 1. The average Bonchev–Trinajstić information content (AvgIpc) is 3.27. The molecule has 0 aliphatic carbocycles. The first-order valence-corrected chi connectivity index (χ1v) is 11.7. The molecule has 11 nitrogen and oxygen atoms in total. The molecule has 1 aromatic heterocycles. The summed E-state index contributed by atoms with van der Waals surface area (Å²) < 4.78 is 34.1. The van der Waals surface area contributed by atoms with Crippen LogP contribution >= 0.6 is 0 Å². The molecule has 1 aliphatic rings. The zero-order valence-electron chi connectivity index (χ0n) is 18.1. The summed E-state index contributed by atoms with van der Waals surface area (Å²) in [7, 11) is -2.69. The van der Waals surface area contributed by atoms with Crippen molar-refractivity contribution in [2.24, 2.45) is 0 Å². The Morgan fingerprint density at radius 1 is 1.15 bits per heavy atom. The van der Waals surface area contributed by atoms with Crippen LogP contribution in [0.5, 0.6) is 5.75 Å². The number of amides is 1. The number of hydrogen-bond donors (Lipinski definition) is 0. The Labute approximate surface area is 190 Å². The lowest BCUT2D eigenvalue weighted by Crippen LogP contribution is -2.51. The third-order valence-corrected chi connectivity index (χ3v) is 7.69. The lowest BCUT2D eigenvalue weighted by atomic mass is 10.2. The van der Waals surface area contributed by atoms with Crippen molar-refractivity contribution in [1.29, 1.82) is 0 Å². The molecule has 1 amide bonds. The zero-order valence-corrected chi connectivity index (χ0v) is 18.9. The van der Waals surface area contributed by atoms with Crippen LogP contribution in [-0.4, -0.2) is 71.3 Å². The van der Waals surface area contributed by atoms with Crippen molar-refractivity contribution < 1.29 is 22.9 Å². The molecule has 0 radical (unpaired) electrons. The second kappa shape index (κ2) is 8.79. The fraction of sp³-hybridized carbons (Fsp3) is 0.333. The highest BCUT2D eigenvalue weighted by molar-refractivity contribution is 7.89. The van der Waals surface area contributed by atoms with E-state index < -0.39 is 26.7 Å². The number of benzene rings is 2. The Bertz CT molecular complexity index is 1310. The number of aromatic nitrogens is 2. The highest BCUT2D eigenvalue weighted by atomic mass is 32.2. The molecule has 1 atom stereocenters. The van der Waals surface area contributed by atoms with Gasteiger partial charge in [-0.1, -0.05) is 12.1 Å². The molecular formula is C21H23N5O6S. The van der Waals surface area contributed by atoms with Gasteiger partial charge in [-0.2, -0.15) is 4.31 Å². The van der Waals surface area contributed by atoms with Gasteiger partial charge in [0, 0.05) is 32.2 Å². The van der Waals surface area contributed by atoms with Gasteiger partial charge in [-0.05, 0) is 31.2 Å². The van der Waals surface area contributed by atoms with E-state index in [0.29, 0.717) is 0 Å². The van der Waals surface area contributed by atoms with E-state index >= 15 is 0 Å². The standard InChI is InChI=1S/C21H23N5O6S/c1-15(25-14-22-17-5-3-4-6-18(17)25)21(27)23-9-11-24(12-10-23)33(30,31)16-7-8-20(32-2)19(13-16)26(28)29/h3-8,13-15H,9-12H2,1-2H3. The molecule has 1 unspecified atom stereocenters. The van der Waals surface area contributed by atoms with E-state index in [0.717, 1.165) is 17.1 Å². The molecule has 1 aliphatic heterocycles. The van der Waals surface area contributed by atoms with E-state index in [1.54, 1.807) is 22.7 Å². The van der Waals surface area contributed by atoms with Gasteiger partial charge in [0.2, 0.25) is 15.9 Å². The Hall–Kier alpha value is -3.51. The van der Waals surface area contributed by atoms with E-state index in [9.17, 15) is 23.3 Å². The Morgan fingerprint density at radius 3 is 2.52 bits per heavy atom. The third kappa shape index (κ3) is 4.14. The topological polar surface area (TPSA) is 128 Å². The van der Waals surface area contributed by atoms with Gasteiger partial charge in [-0.3, -0.25) is 14.9 Å². The lowest BCUT2D eigenvalue weighted by molar-refractivity contribution is -0.386. The van der Waals surface area contributed by atoms with Crippen LogP contribution in [0.25, 0.3) is 11.0 Å². The maximum atomic E-state index is 13.1. The van der Waals surface area contributed by atoms with E-state index in [2.05, 4.69) is 4.98 Å². The quantitative estimate of drug-likeness (QED) is 0.396. The summed E-state index contributed by atoms with van der Waals surface area (Å²) >= 11 is 0. The van der Waals surface area contributed by atoms with E-state index in [-0.39, 0.29) is 42.7 Å². The van der Waals surface area contributed by atoms with Crippen LogP contribution in [0.3, 0.4) is 0 Å². The molecule has 0 bridgehead atoms. The highest BCUT2D eigenvalue weighted by Gasteiger charge is 2.33. The van der Waals surface area contributed by atoms with Gasteiger partial charge in [0.15, 0.2) is 5.75 Å². The summed E-state index contributed by atoms with van der Waals surface area (Å²) in [6.07, 6.45) is 1.63. The number of para-hydroxylation sites is 2. The number of piperazine rings is 1. The van der Waals surface area contributed by atoms with Crippen molar-refractivity contribution in [3.8, 4) is 5.75 Å². The van der Waals surface area contributed by atoms with Gasteiger partial charge in [0.05, 0.1) is 34.3 Å². The molecule has 174 valence electrons. The molecule has 2 aromatic carbocycles. The van der Waals surface area contributed by atoms with Crippen LogP contribution in [0.4, 0.5) is 5.69 Å². The number of fused-ring (bicyclic) bond motifs is 1. The Kier molecular flexibility index (Phi) is 6.04. The highest BCUT2D eigenvalue weighted by Crippen LogP contribution is 2.31. The van der Waals surface area contributed by atoms with Gasteiger partial charge in [-0.15, -0.1) is 0 Å². The SMILES string of the molecule is COc1ccc(S(=O)(=O)N2CCN(C(=O)C(C)n3cnc4ccccc43)CC2)cc1[N+](=O)[O-]. The predicted octanol–water partition coefficient (Wildman–Crippen LogP) is 2.05. The smallest absolute Gasteiger partial charge is 0.312 e. The van der Waals surface area contributed by atoms with Gasteiger partial charge < -0.3 is 14.2 Å². The number of carbonyl (C=O) groups is 1. The first-order chi connectivity index (χ1) is 15.7. The predicted molar refractivity (Wildman–Crippen MR) is 119 cm³/mol. The summed E-state index contributed by atoms with van der Waals surface area (Å²) in [6.45, 7) is 2.40. The fourth-order valence-corrected chi connectivity index (χ4v) is 5.38. The summed E-state index contributed by atoms with van der Waals surface area (Å²) in [6, 6.07) is 10.6. The van der Waals surface area contributed by atoms with Crippen LogP contribution in [0.1, 0.15) is 13.0 Å². The molecule has 0 spiro atoms. The fourth-order valence-electron chi connectivity index (χ4n) is 3.94. The third-order valence-electron chi connectivity index (χ3n) is 5.79. The molecular weight excluding hydrogens is 450 g/mol. The number of rotatable bonds is 6. The number of hydrogen-bond acceptors (Lipinski definition) is 7. The molecule has 12 heteroatoms. The van der Waals surface area contributed by atoms with Crippen molar-refractivity contribution in [3.63, 3.8) is 0 Å². The van der Waals surface area contributed by atoms with Gasteiger partial charge in [0.1, 0.15) is 6.04 Å². The molecule has 0 N–H and O–H groups in total. The van der Waals surface area contributed by atoms with Gasteiger partial charge >= 0.3 is 5.69 Å². The van der Waals surface area contributed by atoms with E-state index in [4.69, 9.17) is 4.74 Å². The number of methoxy groups -OCH3 is 1. The minimum absolute atomic E-state index is 0.0182. The monoisotopic (exact) mass is 473 g/mol. The van der Waals surface area contributed by atoms with E-state index in [1.165, 1.54) is 23.5 Å². The van der Waals surface area contributed by atoms with Crippen molar-refractivity contribution >= 4 is 32.7 Å². The number of imidazole rings is 1. The van der Waals surface area contributed by atoms with Crippen LogP contribution < -0.4 is 4.74 Å². The molecule has 3 aromatic rings. The second-order valence-corrected chi connectivity index (χ2v) is 9.57. The molecule has 2 heterocycles.